The van der Waals surface area contributed by atoms with E-state index in [1.54, 1.807) is 39.0 Å². The summed E-state index contributed by atoms with van der Waals surface area (Å²) in [6.45, 7) is 5.12. The molecule has 0 radical (unpaired) electrons. The van der Waals surface area contributed by atoms with Crippen LogP contribution in [0.4, 0.5) is 25.0 Å². The van der Waals surface area contributed by atoms with Gasteiger partial charge in [0.15, 0.2) is 0 Å². The van der Waals surface area contributed by atoms with Crippen LogP contribution in [0.15, 0.2) is 47.4 Å². The van der Waals surface area contributed by atoms with Gasteiger partial charge in [-0.2, -0.15) is 0 Å². The van der Waals surface area contributed by atoms with E-state index in [0.717, 1.165) is 23.9 Å². The topological polar surface area (TPSA) is 67.4 Å². The number of hydrogen-bond donors (Lipinski definition) is 2. The first-order valence-corrected chi connectivity index (χ1v) is 9.09. The summed E-state index contributed by atoms with van der Waals surface area (Å²) in [5.41, 5.74) is -0.431. The highest BCUT2D eigenvalue weighted by Crippen LogP contribution is 2.25. The van der Waals surface area contributed by atoms with Crippen LogP contribution in [0.5, 0.6) is 0 Å². The molecule has 0 bridgehead atoms. The summed E-state index contributed by atoms with van der Waals surface area (Å²) in [7, 11) is 0. The van der Waals surface area contributed by atoms with Crippen molar-refractivity contribution >= 4 is 35.1 Å². The Bertz CT molecular complexity index is 838. The Kier molecular flexibility index (Phi) is 6.79. The Morgan fingerprint density at radius 3 is 2.41 bits per heavy atom. The van der Waals surface area contributed by atoms with E-state index in [4.69, 9.17) is 4.74 Å². The van der Waals surface area contributed by atoms with Crippen LogP contribution >= 0.6 is 11.8 Å². The molecular formula is C19H20F2N2O3S. The molecule has 0 saturated heterocycles. The number of benzene rings is 2. The van der Waals surface area contributed by atoms with Crippen molar-refractivity contribution < 1.29 is 23.1 Å². The first-order chi connectivity index (χ1) is 12.6. The van der Waals surface area contributed by atoms with Crippen molar-refractivity contribution in [2.75, 3.05) is 16.4 Å². The maximum Gasteiger partial charge on any atom is 0.412 e. The van der Waals surface area contributed by atoms with Crippen molar-refractivity contribution in [1.29, 1.82) is 0 Å². The summed E-state index contributed by atoms with van der Waals surface area (Å²) in [5, 5.41) is 4.99. The van der Waals surface area contributed by atoms with Crippen molar-refractivity contribution in [3.05, 3.63) is 54.1 Å². The number of amides is 2. The number of hydrogen-bond acceptors (Lipinski definition) is 4. The third-order valence-corrected chi connectivity index (χ3v) is 4.14. The SMILES string of the molecule is CC(C)(C)OC(=O)Nc1ccc(F)cc1NC(=O)CSc1ccccc1F. The van der Waals surface area contributed by atoms with E-state index in [1.807, 2.05) is 0 Å². The van der Waals surface area contributed by atoms with Gasteiger partial charge in [-0.15, -0.1) is 11.8 Å². The maximum atomic E-state index is 13.6. The molecule has 5 nitrogen and oxygen atoms in total. The molecule has 2 aromatic carbocycles. The fourth-order valence-electron chi connectivity index (χ4n) is 2.03. The van der Waals surface area contributed by atoms with Gasteiger partial charge < -0.3 is 10.1 Å². The van der Waals surface area contributed by atoms with Gasteiger partial charge in [0, 0.05) is 4.90 Å². The Morgan fingerprint density at radius 2 is 1.74 bits per heavy atom. The van der Waals surface area contributed by atoms with Gasteiger partial charge in [-0.3, -0.25) is 10.1 Å². The molecule has 0 aromatic heterocycles. The minimum atomic E-state index is -0.731. The van der Waals surface area contributed by atoms with Crippen molar-refractivity contribution in [1.82, 2.24) is 0 Å². The van der Waals surface area contributed by atoms with Crippen molar-refractivity contribution in [2.24, 2.45) is 0 Å². The lowest BCUT2D eigenvalue weighted by atomic mass is 10.2. The molecule has 0 unspecified atom stereocenters. The molecule has 8 heteroatoms. The largest absolute Gasteiger partial charge is 0.444 e. The zero-order valence-electron chi connectivity index (χ0n) is 15.1. The second kappa shape index (κ2) is 8.85. The molecule has 144 valence electrons. The van der Waals surface area contributed by atoms with E-state index in [9.17, 15) is 18.4 Å². The standard InChI is InChI=1S/C19H20F2N2O3S/c1-19(2,3)26-18(25)23-14-9-8-12(20)10-15(14)22-17(24)11-27-16-7-5-4-6-13(16)21/h4-10H,11H2,1-3H3,(H,22,24)(H,23,25). The fraction of sp³-hybridized carbons (Fsp3) is 0.263. The number of thioether (sulfide) groups is 1. The number of carbonyl (C=O) groups is 2. The van der Waals surface area contributed by atoms with Crippen LogP contribution in [0.25, 0.3) is 0 Å². The lowest BCUT2D eigenvalue weighted by molar-refractivity contribution is -0.113. The Morgan fingerprint density at radius 1 is 1.04 bits per heavy atom. The van der Waals surface area contributed by atoms with Gasteiger partial charge in [-0.1, -0.05) is 12.1 Å². The van der Waals surface area contributed by atoms with Crippen LogP contribution in [0, 0.1) is 11.6 Å². The third kappa shape index (κ3) is 6.90. The molecular weight excluding hydrogens is 374 g/mol. The van der Waals surface area contributed by atoms with E-state index in [0.29, 0.717) is 4.90 Å². The zero-order valence-corrected chi connectivity index (χ0v) is 16.0. The van der Waals surface area contributed by atoms with Crippen molar-refractivity contribution in [3.63, 3.8) is 0 Å². The number of rotatable bonds is 5. The van der Waals surface area contributed by atoms with Gasteiger partial charge in [-0.05, 0) is 51.1 Å². The van der Waals surface area contributed by atoms with Crippen LogP contribution in [-0.2, 0) is 9.53 Å². The number of halogens is 2. The molecule has 0 spiro atoms. The van der Waals surface area contributed by atoms with Gasteiger partial charge in [0.1, 0.15) is 17.2 Å². The average molecular weight is 394 g/mol. The summed E-state index contributed by atoms with van der Waals surface area (Å²) in [4.78, 5) is 24.4. The van der Waals surface area contributed by atoms with Gasteiger partial charge in [0.25, 0.3) is 0 Å². The second-order valence-electron chi connectivity index (χ2n) is 6.58. The fourth-order valence-corrected chi connectivity index (χ4v) is 2.77. The van der Waals surface area contributed by atoms with Crippen LogP contribution in [0.2, 0.25) is 0 Å². The predicted molar refractivity (Wildman–Crippen MR) is 102 cm³/mol. The maximum absolute atomic E-state index is 13.6. The monoisotopic (exact) mass is 394 g/mol. The number of carbonyl (C=O) groups excluding carboxylic acids is 2. The number of nitrogens with one attached hydrogen (secondary N) is 2. The lowest BCUT2D eigenvalue weighted by Crippen LogP contribution is -2.27. The van der Waals surface area contributed by atoms with E-state index >= 15 is 0 Å². The zero-order chi connectivity index (χ0) is 20.0. The Balaban J connectivity index is 2.04. The summed E-state index contributed by atoms with van der Waals surface area (Å²) in [5.74, 6) is -1.56. The molecule has 0 aliphatic carbocycles. The second-order valence-corrected chi connectivity index (χ2v) is 7.60. The van der Waals surface area contributed by atoms with Crippen molar-refractivity contribution in [3.8, 4) is 0 Å². The summed E-state index contributed by atoms with van der Waals surface area (Å²) in [6, 6.07) is 9.63. The molecule has 2 amide bonds. The number of ether oxygens (including phenoxy) is 1. The molecule has 0 aliphatic heterocycles. The first-order valence-electron chi connectivity index (χ1n) is 8.11. The van der Waals surface area contributed by atoms with Crippen LogP contribution in [-0.4, -0.2) is 23.4 Å². The predicted octanol–water partition coefficient (Wildman–Crippen LogP) is 5.04. The third-order valence-electron chi connectivity index (χ3n) is 3.09. The van der Waals surface area contributed by atoms with E-state index in [-0.39, 0.29) is 17.1 Å². The summed E-state index contributed by atoms with van der Waals surface area (Å²) in [6.07, 6.45) is -0.731. The van der Waals surface area contributed by atoms with E-state index in [1.165, 1.54) is 12.1 Å². The molecule has 2 aromatic rings. The van der Waals surface area contributed by atoms with Crippen LogP contribution in [0.1, 0.15) is 20.8 Å². The van der Waals surface area contributed by atoms with Crippen LogP contribution < -0.4 is 10.6 Å². The first kappa shape index (κ1) is 20.7. The highest BCUT2D eigenvalue weighted by molar-refractivity contribution is 8.00. The quantitative estimate of drug-likeness (QED) is 0.697. The normalized spacial score (nSPS) is 11.0. The minimum Gasteiger partial charge on any atom is -0.444 e. The lowest BCUT2D eigenvalue weighted by Gasteiger charge is -2.20. The molecule has 0 fully saturated rings. The molecule has 2 N–H and O–H groups in total. The summed E-state index contributed by atoms with van der Waals surface area (Å²) >= 11 is 1.01. The Labute approximate surface area is 160 Å². The average Bonchev–Trinajstić information content (AvgIpc) is 2.55. The highest BCUT2D eigenvalue weighted by atomic mass is 32.2. The van der Waals surface area contributed by atoms with Gasteiger partial charge in [0.2, 0.25) is 5.91 Å². The highest BCUT2D eigenvalue weighted by Gasteiger charge is 2.18. The molecule has 0 atom stereocenters. The Hall–Kier alpha value is -2.61. The molecule has 27 heavy (non-hydrogen) atoms. The van der Waals surface area contributed by atoms with E-state index < -0.39 is 29.2 Å². The van der Waals surface area contributed by atoms with Gasteiger partial charge in [0.05, 0.1) is 17.1 Å². The van der Waals surface area contributed by atoms with Crippen molar-refractivity contribution in [2.45, 2.75) is 31.3 Å². The minimum absolute atomic E-state index is 0.0800. The molecule has 2 rings (SSSR count). The smallest absolute Gasteiger partial charge is 0.412 e. The van der Waals surface area contributed by atoms with Crippen LogP contribution in [0.3, 0.4) is 0 Å². The van der Waals surface area contributed by atoms with Gasteiger partial charge >= 0.3 is 6.09 Å². The van der Waals surface area contributed by atoms with E-state index in [2.05, 4.69) is 10.6 Å². The van der Waals surface area contributed by atoms with Gasteiger partial charge in [-0.25, -0.2) is 13.6 Å². The molecule has 0 saturated carbocycles. The summed E-state index contributed by atoms with van der Waals surface area (Å²) < 4.78 is 32.3. The molecule has 0 aliphatic rings. The molecule has 0 heterocycles. The number of anilines is 2.